The molecule has 1 N–H and O–H groups in total. The Balaban J connectivity index is 1.89. The van der Waals surface area contributed by atoms with E-state index >= 15 is 0 Å². The summed E-state index contributed by atoms with van der Waals surface area (Å²) in [4.78, 5) is 0. The second-order valence-electron chi connectivity index (χ2n) is 5.17. The van der Waals surface area contributed by atoms with Gasteiger partial charge in [-0.25, -0.2) is 0 Å². The molecule has 1 aliphatic rings. The summed E-state index contributed by atoms with van der Waals surface area (Å²) < 4.78 is 11.0. The molecular weight excluding hydrogens is 240 g/mol. The highest BCUT2D eigenvalue weighted by molar-refractivity contribution is 5.28. The second-order valence-corrected chi connectivity index (χ2v) is 5.17. The molecule has 1 unspecified atom stereocenters. The topological polar surface area (TPSA) is 38.7 Å². The summed E-state index contributed by atoms with van der Waals surface area (Å²) in [6.07, 6.45) is 3.72. The minimum Gasteiger partial charge on any atom is -0.494 e. The lowest BCUT2D eigenvalue weighted by Crippen LogP contribution is -2.21. The first-order valence-electron chi connectivity index (χ1n) is 7.30. The molecule has 1 aromatic carbocycles. The van der Waals surface area contributed by atoms with Gasteiger partial charge in [0, 0.05) is 13.2 Å². The number of hydrogen-bond donors (Lipinski definition) is 1. The summed E-state index contributed by atoms with van der Waals surface area (Å²) in [5.41, 5.74) is 0.981. The van der Waals surface area contributed by atoms with Gasteiger partial charge in [0.15, 0.2) is 0 Å². The van der Waals surface area contributed by atoms with E-state index in [0.717, 1.165) is 56.8 Å². The third-order valence-corrected chi connectivity index (χ3v) is 3.70. The van der Waals surface area contributed by atoms with Crippen LogP contribution in [0, 0.1) is 5.92 Å². The van der Waals surface area contributed by atoms with E-state index < -0.39 is 0 Å². The highest BCUT2D eigenvalue weighted by Crippen LogP contribution is 2.30. The van der Waals surface area contributed by atoms with Crippen LogP contribution in [0.5, 0.6) is 5.75 Å². The Kier molecular flexibility index (Phi) is 5.67. The lowest BCUT2D eigenvalue weighted by atomic mass is 9.89. The maximum absolute atomic E-state index is 10.4. The second kappa shape index (κ2) is 7.51. The van der Waals surface area contributed by atoms with E-state index in [9.17, 15) is 5.11 Å². The Labute approximate surface area is 115 Å². The van der Waals surface area contributed by atoms with Gasteiger partial charge in [-0.1, -0.05) is 25.5 Å². The van der Waals surface area contributed by atoms with Crippen molar-refractivity contribution >= 4 is 0 Å². The van der Waals surface area contributed by atoms with Crippen molar-refractivity contribution in [2.45, 2.75) is 38.7 Å². The van der Waals surface area contributed by atoms with Gasteiger partial charge in [0.2, 0.25) is 0 Å². The summed E-state index contributed by atoms with van der Waals surface area (Å²) in [6.45, 7) is 4.44. The third kappa shape index (κ3) is 4.22. The molecule has 19 heavy (non-hydrogen) atoms. The van der Waals surface area contributed by atoms with Crippen LogP contribution in [0.15, 0.2) is 24.3 Å². The number of benzene rings is 1. The van der Waals surface area contributed by atoms with Gasteiger partial charge >= 0.3 is 0 Å². The number of aliphatic hydroxyl groups excluding tert-OH is 1. The largest absolute Gasteiger partial charge is 0.494 e. The zero-order valence-electron chi connectivity index (χ0n) is 11.7. The fraction of sp³-hybridized carbons (Fsp3) is 0.625. The zero-order valence-corrected chi connectivity index (χ0v) is 11.7. The van der Waals surface area contributed by atoms with E-state index in [2.05, 4.69) is 6.92 Å². The molecule has 1 saturated heterocycles. The monoisotopic (exact) mass is 264 g/mol. The van der Waals surface area contributed by atoms with Crippen molar-refractivity contribution in [1.29, 1.82) is 0 Å². The van der Waals surface area contributed by atoms with E-state index in [1.807, 2.05) is 24.3 Å². The quantitative estimate of drug-likeness (QED) is 0.801. The predicted octanol–water partition coefficient (Wildman–Crippen LogP) is 3.33. The van der Waals surface area contributed by atoms with Crippen LogP contribution in [0.4, 0.5) is 0 Å². The Morgan fingerprint density at radius 2 is 1.95 bits per heavy atom. The summed E-state index contributed by atoms with van der Waals surface area (Å²) in [6, 6.07) is 7.85. The number of hydrogen-bond acceptors (Lipinski definition) is 3. The molecule has 1 heterocycles. The van der Waals surface area contributed by atoms with Crippen molar-refractivity contribution in [3.63, 3.8) is 0 Å². The van der Waals surface area contributed by atoms with Crippen molar-refractivity contribution in [3.05, 3.63) is 29.8 Å². The standard InChI is InChI=1S/C16H24O3/c1-2-3-10-19-15-6-4-13(5-7-15)16(17)14-8-11-18-12-9-14/h4-7,14,16-17H,2-3,8-12H2,1H3. The summed E-state index contributed by atoms with van der Waals surface area (Å²) in [5, 5.41) is 10.4. The van der Waals surface area contributed by atoms with E-state index in [1.165, 1.54) is 0 Å². The lowest BCUT2D eigenvalue weighted by Gasteiger charge is -2.27. The third-order valence-electron chi connectivity index (χ3n) is 3.70. The molecule has 1 atom stereocenters. The summed E-state index contributed by atoms with van der Waals surface area (Å²) in [7, 11) is 0. The van der Waals surface area contributed by atoms with Crippen LogP contribution >= 0.6 is 0 Å². The first-order chi connectivity index (χ1) is 9.31. The SMILES string of the molecule is CCCCOc1ccc(C(O)C2CCOCC2)cc1. The van der Waals surface area contributed by atoms with Crippen LogP contribution < -0.4 is 4.74 Å². The predicted molar refractivity (Wildman–Crippen MR) is 75.3 cm³/mol. The van der Waals surface area contributed by atoms with E-state index in [0.29, 0.717) is 5.92 Å². The molecule has 0 bridgehead atoms. The average Bonchev–Trinajstić information content (AvgIpc) is 2.48. The number of rotatable bonds is 6. The van der Waals surface area contributed by atoms with Crippen LogP contribution in [0.3, 0.4) is 0 Å². The number of ether oxygens (including phenoxy) is 2. The van der Waals surface area contributed by atoms with Crippen molar-refractivity contribution < 1.29 is 14.6 Å². The first kappa shape index (κ1) is 14.4. The van der Waals surface area contributed by atoms with Crippen LogP contribution in [-0.4, -0.2) is 24.9 Å². The minimum absolute atomic E-state index is 0.320. The van der Waals surface area contributed by atoms with Crippen molar-refractivity contribution in [1.82, 2.24) is 0 Å². The molecule has 3 nitrogen and oxygen atoms in total. The number of unbranched alkanes of at least 4 members (excludes halogenated alkanes) is 1. The normalized spacial score (nSPS) is 18.2. The molecule has 0 spiro atoms. The van der Waals surface area contributed by atoms with E-state index in [1.54, 1.807) is 0 Å². The van der Waals surface area contributed by atoms with E-state index in [-0.39, 0.29) is 6.10 Å². The Bertz CT molecular complexity index is 355. The maximum Gasteiger partial charge on any atom is 0.119 e. The Morgan fingerprint density at radius 1 is 1.26 bits per heavy atom. The van der Waals surface area contributed by atoms with Gasteiger partial charge in [-0.3, -0.25) is 0 Å². The molecular formula is C16H24O3. The fourth-order valence-corrected chi connectivity index (χ4v) is 2.40. The highest BCUT2D eigenvalue weighted by atomic mass is 16.5. The summed E-state index contributed by atoms with van der Waals surface area (Å²) >= 11 is 0. The molecule has 0 aromatic heterocycles. The Hall–Kier alpha value is -1.06. The molecule has 1 fully saturated rings. The van der Waals surface area contributed by atoms with E-state index in [4.69, 9.17) is 9.47 Å². The molecule has 1 aromatic rings. The molecule has 2 rings (SSSR count). The molecule has 0 amide bonds. The van der Waals surface area contributed by atoms with Gasteiger partial charge in [0.25, 0.3) is 0 Å². The molecule has 1 aliphatic heterocycles. The van der Waals surface area contributed by atoms with Crippen LogP contribution in [0.2, 0.25) is 0 Å². The first-order valence-corrected chi connectivity index (χ1v) is 7.30. The fourth-order valence-electron chi connectivity index (χ4n) is 2.40. The van der Waals surface area contributed by atoms with Crippen LogP contribution in [-0.2, 0) is 4.74 Å². The Morgan fingerprint density at radius 3 is 2.58 bits per heavy atom. The molecule has 0 aliphatic carbocycles. The van der Waals surface area contributed by atoms with Crippen molar-refractivity contribution in [3.8, 4) is 5.75 Å². The minimum atomic E-state index is -0.381. The average molecular weight is 264 g/mol. The van der Waals surface area contributed by atoms with Gasteiger partial charge < -0.3 is 14.6 Å². The van der Waals surface area contributed by atoms with Gasteiger partial charge in [-0.05, 0) is 42.9 Å². The highest BCUT2D eigenvalue weighted by Gasteiger charge is 2.23. The van der Waals surface area contributed by atoms with Crippen LogP contribution in [0.1, 0.15) is 44.3 Å². The van der Waals surface area contributed by atoms with Gasteiger partial charge in [-0.15, -0.1) is 0 Å². The molecule has 3 heteroatoms. The zero-order chi connectivity index (χ0) is 13.5. The van der Waals surface area contributed by atoms with Crippen LogP contribution in [0.25, 0.3) is 0 Å². The molecule has 0 radical (unpaired) electrons. The maximum atomic E-state index is 10.4. The molecule has 106 valence electrons. The summed E-state index contributed by atoms with van der Waals surface area (Å²) in [5.74, 6) is 1.21. The van der Waals surface area contributed by atoms with Gasteiger partial charge in [0.05, 0.1) is 12.7 Å². The molecule has 0 saturated carbocycles. The van der Waals surface area contributed by atoms with Crippen molar-refractivity contribution in [2.24, 2.45) is 5.92 Å². The smallest absolute Gasteiger partial charge is 0.119 e. The van der Waals surface area contributed by atoms with Gasteiger partial charge in [-0.2, -0.15) is 0 Å². The lowest BCUT2D eigenvalue weighted by molar-refractivity contribution is 0.00717. The number of aliphatic hydroxyl groups is 1. The van der Waals surface area contributed by atoms with Crippen molar-refractivity contribution in [2.75, 3.05) is 19.8 Å². The van der Waals surface area contributed by atoms with Gasteiger partial charge in [0.1, 0.15) is 5.75 Å².